The van der Waals surface area contributed by atoms with Crippen LogP contribution >= 0.6 is 11.6 Å². The van der Waals surface area contributed by atoms with E-state index in [2.05, 4.69) is 24.1 Å². The Balaban J connectivity index is 1.95. The van der Waals surface area contributed by atoms with E-state index >= 15 is 0 Å². The van der Waals surface area contributed by atoms with Crippen molar-refractivity contribution in [3.63, 3.8) is 0 Å². The van der Waals surface area contributed by atoms with E-state index in [1.807, 2.05) is 41.3 Å². The maximum absolute atomic E-state index is 12.6. The van der Waals surface area contributed by atoms with Gasteiger partial charge in [0.25, 0.3) is 5.91 Å². The summed E-state index contributed by atoms with van der Waals surface area (Å²) in [5, 5.41) is 4.11. The molecule has 134 valence electrons. The molecule has 1 aromatic carbocycles. The Kier molecular flexibility index (Phi) is 7.74. The van der Waals surface area contributed by atoms with E-state index in [0.717, 1.165) is 49.6 Å². The van der Waals surface area contributed by atoms with Gasteiger partial charge in [0, 0.05) is 36.5 Å². The Morgan fingerprint density at radius 2 is 1.80 bits per heavy atom. The summed E-state index contributed by atoms with van der Waals surface area (Å²) in [6.07, 6.45) is 4.48. The van der Waals surface area contributed by atoms with Crippen molar-refractivity contribution in [1.29, 1.82) is 0 Å². The zero-order valence-corrected chi connectivity index (χ0v) is 15.7. The predicted molar refractivity (Wildman–Crippen MR) is 104 cm³/mol. The van der Waals surface area contributed by atoms with Crippen LogP contribution in [-0.2, 0) is 6.42 Å². The lowest BCUT2D eigenvalue weighted by Crippen LogP contribution is -2.33. The van der Waals surface area contributed by atoms with Crippen LogP contribution in [-0.4, -0.2) is 35.4 Å². The minimum atomic E-state index is 0.00468. The van der Waals surface area contributed by atoms with Crippen LogP contribution < -0.4 is 5.32 Å². The topological polar surface area (TPSA) is 45.2 Å². The summed E-state index contributed by atoms with van der Waals surface area (Å²) in [7, 11) is 0. The van der Waals surface area contributed by atoms with Gasteiger partial charge in [-0.15, -0.1) is 0 Å². The molecule has 0 radical (unpaired) electrons. The van der Waals surface area contributed by atoms with Crippen molar-refractivity contribution >= 4 is 23.2 Å². The first-order chi connectivity index (χ1) is 12.1. The molecule has 2 aromatic rings. The molecule has 0 atom stereocenters. The van der Waals surface area contributed by atoms with Crippen molar-refractivity contribution in [3.05, 3.63) is 58.9 Å². The maximum Gasteiger partial charge on any atom is 0.272 e. The van der Waals surface area contributed by atoms with E-state index in [1.165, 1.54) is 5.56 Å². The van der Waals surface area contributed by atoms with Crippen LogP contribution in [0.4, 0.5) is 5.69 Å². The molecule has 0 fully saturated rings. The summed E-state index contributed by atoms with van der Waals surface area (Å²) in [6.45, 7) is 6.48. The molecule has 0 aliphatic carbocycles. The molecule has 0 saturated heterocycles. The van der Waals surface area contributed by atoms with Crippen molar-refractivity contribution in [3.8, 4) is 0 Å². The van der Waals surface area contributed by atoms with Gasteiger partial charge in [-0.1, -0.05) is 37.6 Å². The molecule has 0 bridgehead atoms. The number of carbonyl (C=O) groups is 1. The molecule has 1 amide bonds. The summed E-state index contributed by atoms with van der Waals surface area (Å²) >= 11 is 5.90. The molecule has 2 rings (SSSR count). The second-order valence-corrected chi connectivity index (χ2v) is 6.46. The first kappa shape index (κ1) is 19.3. The van der Waals surface area contributed by atoms with Crippen LogP contribution in [0.3, 0.4) is 0 Å². The third-order valence-corrected chi connectivity index (χ3v) is 4.16. The number of hydrogen-bond acceptors (Lipinski definition) is 3. The SMILES string of the molecule is CCCN(CCC)C(=O)c1cc(NCCc2ccc(Cl)cc2)ccn1. The van der Waals surface area contributed by atoms with Crippen LogP contribution in [0.2, 0.25) is 5.02 Å². The minimum Gasteiger partial charge on any atom is -0.385 e. The van der Waals surface area contributed by atoms with E-state index in [0.29, 0.717) is 5.69 Å². The lowest BCUT2D eigenvalue weighted by atomic mass is 10.1. The number of aromatic nitrogens is 1. The predicted octanol–water partition coefficient (Wildman–Crippen LogP) is 4.65. The monoisotopic (exact) mass is 359 g/mol. The molecule has 0 aliphatic rings. The highest BCUT2D eigenvalue weighted by Crippen LogP contribution is 2.13. The lowest BCUT2D eigenvalue weighted by Gasteiger charge is -2.21. The Morgan fingerprint density at radius 1 is 1.12 bits per heavy atom. The first-order valence-corrected chi connectivity index (χ1v) is 9.25. The molecular weight excluding hydrogens is 334 g/mol. The molecular formula is C20H26ClN3O. The average molecular weight is 360 g/mol. The Bertz CT molecular complexity index is 667. The van der Waals surface area contributed by atoms with E-state index < -0.39 is 0 Å². The fourth-order valence-corrected chi connectivity index (χ4v) is 2.80. The Labute approximate surface area is 155 Å². The number of amides is 1. The summed E-state index contributed by atoms with van der Waals surface area (Å²) in [6, 6.07) is 11.6. The van der Waals surface area contributed by atoms with Crippen LogP contribution in [0.25, 0.3) is 0 Å². The number of pyridine rings is 1. The number of carbonyl (C=O) groups excluding carboxylic acids is 1. The molecule has 1 N–H and O–H groups in total. The van der Waals surface area contributed by atoms with Crippen LogP contribution in [0.1, 0.15) is 42.7 Å². The van der Waals surface area contributed by atoms with Crippen LogP contribution in [0, 0.1) is 0 Å². The summed E-state index contributed by atoms with van der Waals surface area (Å²) in [5.41, 5.74) is 2.64. The molecule has 4 nitrogen and oxygen atoms in total. The van der Waals surface area contributed by atoms with Crippen molar-refractivity contribution in [2.45, 2.75) is 33.1 Å². The third-order valence-electron chi connectivity index (χ3n) is 3.91. The highest BCUT2D eigenvalue weighted by molar-refractivity contribution is 6.30. The summed E-state index contributed by atoms with van der Waals surface area (Å²) in [4.78, 5) is 18.8. The zero-order chi connectivity index (χ0) is 18.1. The maximum atomic E-state index is 12.6. The number of hydrogen-bond donors (Lipinski definition) is 1. The summed E-state index contributed by atoms with van der Waals surface area (Å²) < 4.78 is 0. The highest BCUT2D eigenvalue weighted by Gasteiger charge is 2.15. The largest absolute Gasteiger partial charge is 0.385 e. The fourth-order valence-electron chi connectivity index (χ4n) is 2.68. The van der Waals surface area contributed by atoms with Crippen LogP contribution in [0.15, 0.2) is 42.6 Å². The molecule has 0 saturated carbocycles. The van der Waals surface area contributed by atoms with Gasteiger partial charge in [0.2, 0.25) is 0 Å². The van der Waals surface area contributed by atoms with Crippen molar-refractivity contribution in [2.75, 3.05) is 25.0 Å². The van der Waals surface area contributed by atoms with Gasteiger partial charge in [-0.05, 0) is 49.1 Å². The number of rotatable bonds is 9. The molecule has 1 heterocycles. The second kappa shape index (κ2) is 10.0. The second-order valence-electron chi connectivity index (χ2n) is 6.03. The van der Waals surface area contributed by atoms with Crippen LogP contribution in [0.5, 0.6) is 0 Å². The Hall–Kier alpha value is -2.07. The lowest BCUT2D eigenvalue weighted by molar-refractivity contribution is 0.0749. The van der Waals surface area contributed by atoms with Gasteiger partial charge in [-0.3, -0.25) is 9.78 Å². The third kappa shape index (κ3) is 6.05. The highest BCUT2D eigenvalue weighted by atomic mass is 35.5. The van der Waals surface area contributed by atoms with Crippen molar-refractivity contribution in [2.24, 2.45) is 0 Å². The van der Waals surface area contributed by atoms with E-state index in [1.54, 1.807) is 6.20 Å². The van der Waals surface area contributed by atoms with E-state index in [9.17, 15) is 4.79 Å². The minimum absolute atomic E-state index is 0.00468. The number of nitrogens with zero attached hydrogens (tertiary/aromatic N) is 2. The van der Waals surface area contributed by atoms with Gasteiger partial charge in [0.1, 0.15) is 5.69 Å². The molecule has 5 heteroatoms. The van der Waals surface area contributed by atoms with Gasteiger partial charge in [0.05, 0.1) is 0 Å². The van der Waals surface area contributed by atoms with Crippen molar-refractivity contribution < 1.29 is 4.79 Å². The number of halogens is 1. The number of nitrogens with one attached hydrogen (secondary N) is 1. The molecule has 1 aromatic heterocycles. The standard InChI is InChI=1S/C20H26ClN3O/c1-3-13-24(14-4-2)20(25)19-15-18(10-12-23-19)22-11-9-16-5-7-17(21)8-6-16/h5-8,10,12,15H,3-4,9,11,13-14H2,1-2H3,(H,22,23). The molecule has 0 unspecified atom stereocenters. The summed E-state index contributed by atoms with van der Waals surface area (Å²) in [5.74, 6) is 0.00468. The Morgan fingerprint density at radius 3 is 2.44 bits per heavy atom. The normalized spacial score (nSPS) is 10.5. The van der Waals surface area contributed by atoms with Gasteiger partial charge in [-0.2, -0.15) is 0 Å². The average Bonchev–Trinajstić information content (AvgIpc) is 2.63. The smallest absolute Gasteiger partial charge is 0.272 e. The van der Waals surface area contributed by atoms with Gasteiger partial charge < -0.3 is 10.2 Å². The van der Waals surface area contributed by atoms with E-state index in [-0.39, 0.29) is 5.91 Å². The van der Waals surface area contributed by atoms with Gasteiger partial charge in [0.15, 0.2) is 0 Å². The molecule has 0 aliphatic heterocycles. The fraction of sp³-hybridized carbons (Fsp3) is 0.400. The van der Waals surface area contributed by atoms with E-state index in [4.69, 9.17) is 11.6 Å². The first-order valence-electron chi connectivity index (χ1n) is 8.87. The zero-order valence-electron chi connectivity index (χ0n) is 15.0. The number of benzene rings is 1. The number of anilines is 1. The van der Waals surface area contributed by atoms with Crippen molar-refractivity contribution in [1.82, 2.24) is 9.88 Å². The van der Waals surface area contributed by atoms with Gasteiger partial charge >= 0.3 is 0 Å². The molecule has 0 spiro atoms. The molecule has 25 heavy (non-hydrogen) atoms. The van der Waals surface area contributed by atoms with Gasteiger partial charge in [-0.25, -0.2) is 0 Å². The quantitative estimate of drug-likeness (QED) is 0.708.